The molecule has 1 aromatic heterocycles. The molecule has 2 rings (SSSR count). The van der Waals surface area contributed by atoms with Gasteiger partial charge in [0.25, 0.3) is 0 Å². The summed E-state index contributed by atoms with van der Waals surface area (Å²) in [7, 11) is 2.22. The van der Waals surface area contributed by atoms with Crippen LogP contribution in [0.15, 0.2) is 17.5 Å². The molecule has 15 heavy (non-hydrogen) atoms. The Morgan fingerprint density at radius 2 is 2.60 bits per heavy atom. The molecule has 1 aliphatic heterocycles. The highest BCUT2D eigenvalue weighted by Gasteiger charge is 2.17. The fraction of sp³-hybridized carbons (Fsp3) is 0.636. The van der Waals surface area contributed by atoms with Crippen LogP contribution in [-0.2, 0) is 0 Å². The summed E-state index contributed by atoms with van der Waals surface area (Å²) in [5.74, 6) is 0. The molecular formula is C11H19N3S. The lowest BCUT2D eigenvalue weighted by atomic mass is 10.1. The first-order valence-corrected chi connectivity index (χ1v) is 6.42. The largest absolute Gasteiger partial charge is 0.377 e. The number of rotatable bonds is 4. The Morgan fingerprint density at radius 1 is 1.67 bits per heavy atom. The highest BCUT2D eigenvalue weighted by Crippen LogP contribution is 2.15. The van der Waals surface area contributed by atoms with Crippen molar-refractivity contribution in [3.8, 4) is 0 Å². The summed E-state index contributed by atoms with van der Waals surface area (Å²) < 4.78 is 0. The maximum Gasteiger partial charge on any atom is 0.0882 e. The summed E-state index contributed by atoms with van der Waals surface area (Å²) >= 11 is 1.77. The predicted octanol–water partition coefficient (Wildman–Crippen LogP) is 1.45. The lowest BCUT2D eigenvalue weighted by molar-refractivity contribution is 0.194. The van der Waals surface area contributed by atoms with Crippen LogP contribution in [-0.4, -0.2) is 44.2 Å². The van der Waals surface area contributed by atoms with Crippen LogP contribution in [0.2, 0.25) is 0 Å². The van der Waals surface area contributed by atoms with Gasteiger partial charge >= 0.3 is 0 Å². The second-order valence-corrected chi connectivity index (χ2v) is 4.98. The summed E-state index contributed by atoms with van der Waals surface area (Å²) in [6.07, 6.45) is 1.21. The monoisotopic (exact) mass is 225 g/mol. The molecule has 0 aliphatic carbocycles. The van der Waals surface area contributed by atoms with E-state index in [0.717, 1.165) is 19.6 Å². The van der Waals surface area contributed by atoms with E-state index >= 15 is 0 Å². The van der Waals surface area contributed by atoms with Gasteiger partial charge in [0.2, 0.25) is 0 Å². The first kappa shape index (κ1) is 10.9. The van der Waals surface area contributed by atoms with Gasteiger partial charge in [-0.15, -0.1) is 11.3 Å². The van der Waals surface area contributed by atoms with Gasteiger partial charge in [0.15, 0.2) is 0 Å². The van der Waals surface area contributed by atoms with E-state index in [0.29, 0.717) is 6.04 Å². The summed E-state index contributed by atoms with van der Waals surface area (Å²) in [5, 5.41) is 10.3. The number of likely N-dealkylation sites (N-methyl/N-ethyl adjacent to an activating group) is 1. The van der Waals surface area contributed by atoms with E-state index in [1.165, 1.54) is 18.0 Å². The summed E-state index contributed by atoms with van der Waals surface area (Å²) in [6, 6.07) is 4.90. The van der Waals surface area contributed by atoms with Crippen LogP contribution < -0.4 is 10.6 Å². The third-order valence-electron chi connectivity index (χ3n) is 2.94. The van der Waals surface area contributed by atoms with Crippen LogP contribution in [0.5, 0.6) is 0 Å². The lowest BCUT2D eigenvalue weighted by Gasteiger charge is -2.33. The molecule has 0 radical (unpaired) electrons. The lowest BCUT2D eigenvalue weighted by Crippen LogP contribution is -2.49. The van der Waals surface area contributed by atoms with Crippen molar-refractivity contribution in [3.05, 3.63) is 17.5 Å². The number of nitrogens with one attached hydrogen (secondary N) is 2. The molecule has 0 saturated carbocycles. The van der Waals surface area contributed by atoms with Gasteiger partial charge < -0.3 is 15.5 Å². The molecule has 0 spiro atoms. The van der Waals surface area contributed by atoms with Crippen LogP contribution in [0, 0.1) is 0 Å². The molecule has 0 amide bonds. The zero-order chi connectivity index (χ0) is 10.5. The van der Waals surface area contributed by atoms with Gasteiger partial charge in [0.1, 0.15) is 0 Å². The average Bonchev–Trinajstić information content (AvgIpc) is 2.74. The van der Waals surface area contributed by atoms with Crippen molar-refractivity contribution in [2.45, 2.75) is 12.5 Å². The van der Waals surface area contributed by atoms with E-state index in [-0.39, 0.29) is 0 Å². The Kier molecular flexibility index (Phi) is 4.00. The van der Waals surface area contributed by atoms with Crippen LogP contribution >= 0.6 is 11.3 Å². The van der Waals surface area contributed by atoms with Crippen molar-refractivity contribution < 1.29 is 0 Å². The highest BCUT2D eigenvalue weighted by atomic mass is 32.1. The number of piperazine rings is 1. The van der Waals surface area contributed by atoms with Gasteiger partial charge in [0, 0.05) is 32.2 Å². The Balaban J connectivity index is 1.68. The minimum Gasteiger partial charge on any atom is -0.377 e. The topological polar surface area (TPSA) is 27.3 Å². The van der Waals surface area contributed by atoms with Gasteiger partial charge in [-0.05, 0) is 31.0 Å². The molecule has 0 bridgehead atoms. The van der Waals surface area contributed by atoms with E-state index in [9.17, 15) is 0 Å². The molecule has 0 aromatic carbocycles. The van der Waals surface area contributed by atoms with E-state index < -0.39 is 0 Å². The van der Waals surface area contributed by atoms with Crippen molar-refractivity contribution in [2.24, 2.45) is 0 Å². The highest BCUT2D eigenvalue weighted by molar-refractivity contribution is 7.14. The predicted molar refractivity (Wildman–Crippen MR) is 66.7 cm³/mol. The second kappa shape index (κ2) is 5.49. The molecule has 1 saturated heterocycles. The van der Waals surface area contributed by atoms with Gasteiger partial charge in [-0.1, -0.05) is 0 Å². The van der Waals surface area contributed by atoms with Crippen LogP contribution in [0.3, 0.4) is 0 Å². The minimum absolute atomic E-state index is 0.686. The second-order valence-electron chi connectivity index (χ2n) is 4.03. The molecule has 2 N–H and O–H groups in total. The Hall–Kier alpha value is -0.580. The van der Waals surface area contributed by atoms with Crippen LogP contribution in [0.4, 0.5) is 5.00 Å². The number of nitrogens with zero attached hydrogens (tertiary/aromatic N) is 1. The van der Waals surface area contributed by atoms with Crippen molar-refractivity contribution in [1.29, 1.82) is 0 Å². The van der Waals surface area contributed by atoms with E-state index in [1.54, 1.807) is 11.3 Å². The summed E-state index contributed by atoms with van der Waals surface area (Å²) in [4.78, 5) is 2.45. The van der Waals surface area contributed by atoms with Gasteiger partial charge in [0.05, 0.1) is 5.00 Å². The maximum atomic E-state index is 3.46. The minimum atomic E-state index is 0.686. The standard InChI is InChI=1S/C11H19N3S/c1-14-7-6-12-9-10(14)4-5-13-11-3-2-8-15-11/h2-3,8,10,12-13H,4-7,9H2,1H3. The Labute approximate surface area is 95.5 Å². The van der Waals surface area contributed by atoms with Crippen molar-refractivity contribution >= 4 is 16.3 Å². The summed E-state index contributed by atoms with van der Waals surface area (Å²) in [5.41, 5.74) is 0. The molecule has 1 fully saturated rings. The van der Waals surface area contributed by atoms with Gasteiger partial charge in [-0.3, -0.25) is 0 Å². The normalized spacial score (nSPS) is 22.9. The third kappa shape index (κ3) is 3.19. The number of anilines is 1. The molecule has 84 valence electrons. The van der Waals surface area contributed by atoms with Crippen LogP contribution in [0.25, 0.3) is 0 Å². The third-order valence-corrected chi connectivity index (χ3v) is 3.77. The first-order valence-electron chi connectivity index (χ1n) is 5.54. The molecule has 2 heterocycles. The molecule has 3 nitrogen and oxygen atoms in total. The van der Waals surface area contributed by atoms with Crippen LogP contribution in [0.1, 0.15) is 6.42 Å². The van der Waals surface area contributed by atoms with Gasteiger partial charge in [-0.2, -0.15) is 0 Å². The van der Waals surface area contributed by atoms with Crippen molar-refractivity contribution in [3.63, 3.8) is 0 Å². The van der Waals surface area contributed by atoms with Crippen molar-refractivity contribution in [1.82, 2.24) is 10.2 Å². The summed E-state index contributed by atoms with van der Waals surface area (Å²) in [6.45, 7) is 4.49. The van der Waals surface area contributed by atoms with Gasteiger partial charge in [-0.25, -0.2) is 0 Å². The maximum absolute atomic E-state index is 3.46. The van der Waals surface area contributed by atoms with E-state index in [4.69, 9.17) is 0 Å². The molecule has 1 aliphatic rings. The van der Waals surface area contributed by atoms with Crippen molar-refractivity contribution in [2.75, 3.05) is 38.5 Å². The molecule has 4 heteroatoms. The Bertz CT molecular complexity index is 273. The SMILES string of the molecule is CN1CCNCC1CCNc1cccs1. The average molecular weight is 225 g/mol. The molecule has 1 aromatic rings. The molecule has 1 atom stereocenters. The molecular weight excluding hydrogens is 206 g/mol. The molecule has 1 unspecified atom stereocenters. The quantitative estimate of drug-likeness (QED) is 0.812. The fourth-order valence-electron chi connectivity index (χ4n) is 1.93. The van der Waals surface area contributed by atoms with E-state index in [1.807, 2.05) is 0 Å². The number of thiophene rings is 1. The van der Waals surface area contributed by atoms with E-state index in [2.05, 4.69) is 40.1 Å². The first-order chi connectivity index (χ1) is 7.36. The zero-order valence-electron chi connectivity index (χ0n) is 9.20. The number of hydrogen-bond acceptors (Lipinski definition) is 4. The smallest absolute Gasteiger partial charge is 0.0882 e. The number of hydrogen-bond donors (Lipinski definition) is 2. The zero-order valence-corrected chi connectivity index (χ0v) is 10.0. The fourth-order valence-corrected chi connectivity index (χ4v) is 2.57. The Morgan fingerprint density at radius 3 is 3.33 bits per heavy atom.